The van der Waals surface area contributed by atoms with E-state index in [1.54, 1.807) is 0 Å². The zero-order chi connectivity index (χ0) is 20.0. The molecule has 162 valence electrons. The molecule has 0 aromatic carbocycles. The molecule has 0 aliphatic carbocycles. The van der Waals surface area contributed by atoms with Gasteiger partial charge in [0, 0.05) is 0 Å². The third-order valence-electron chi connectivity index (χ3n) is 6.00. The maximum absolute atomic E-state index is 11.0. The van der Waals surface area contributed by atoms with Gasteiger partial charge in [0.15, 0.2) is 0 Å². The van der Waals surface area contributed by atoms with Gasteiger partial charge in [-0.15, -0.1) is 0 Å². The molecule has 1 N–H and O–H groups in total. The summed E-state index contributed by atoms with van der Waals surface area (Å²) in [6, 6.07) is 0. The van der Waals surface area contributed by atoms with Crippen LogP contribution in [-0.4, -0.2) is 11.1 Å². The molecule has 0 saturated carbocycles. The van der Waals surface area contributed by atoms with Gasteiger partial charge >= 0.3 is 5.97 Å². The molecule has 27 heavy (non-hydrogen) atoms. The molecule has 0 fully saturated rings. The van der Waals surface area contributed by atoms with Crippen LogP contribution in [0.2, 0.25) is 0 Å². The molecular formula is C25H50O2. The Balaban J connectivity index is 3.10. The molecule has 2 nitrogen and oxygen atoms in total. The first-order valence-electron chi connectivity index (χ1n) is 12.4. The first-order chi connectivity index (χ1) is 13.2. The number of carboxylic acid groups (broad SMARTS) is 1. The minimum absolute atomic E-state index is 0.115. The summed E-state index contributed by atoms with van der Waals surface area (Å²) in [6.45, 7) is 4.27. The van der Waals surface area contributed by atoms with Gasteiger partial charge in [-0.3, -0.25) is 4.79 Å². The van der Waals surface area contributed by atoms with Gasteiger partial charge in [0.1, 0.15) is 0 Å². The van der Waals surface area contributed by atoms with E-state index in [1.807, 2.05) is 6.92 Å². The number of carbonyl (C=O) groups is 1. The summed E-state index contributed by atoms with van der Waals surface area (Å²) in [6.07, 6.45) is 28.0. The van der Waals surface area contributed by atoms with Gasteiger partial charge in [0.2, 0.25) is 0 Å². The third kappa shape index (κ3) is 20.0. The SMILES string of the molecule is CCCCCCCCCCCCCCCCCCCCCC(CC)C(=O)O. The average Bonchev–Trinajstić information content (AvgIpc) is 2.66. The van der Waals surface area contributed by atoms with Crippen molar-refractivity contribution in [3.05, 3.63) is 0 Å². The van der Waals surface area contributed by atoms with Crippen molar-refractivity contribution in [3.8, 4) is 0 Å². The van der Waals surface area contributed by atoms with Crippen molar-refractivity contribution in [2.24, 2.45) is 5.92 Å². The molecule has 0 heterocycles. The Bertz CT molecular complexity index is 301. The number of rotatable bonds is 22. The Kier molecular flexibility index (Phi) is 21.3. The highest BCUT2D eigenvalue weighted by Gasteiger charge is 2.13. The van der Waals surface area contributed by atoms with Crippen LogP contribution in [0.3, 0.4) is 0 Å². The smallest absolute Gasteiger partial charge is 0.306 e. The third-order valence-corrected chi connectivity index (χ3v) is 6.00. The molecule has 0 aromatic heterocycles. The molecule has 1 unspecified atom stereocenters. The van der Waals surface area contributed by atoms with Gasteiger partial charge in [-0.25, -0.2) is 0 Å². The minimum Gasteiger partial charge on any atom is -0.481 e. The molecule has 1 atom stereocenters. The predicted octanol–water partition coefficient (Wildman–Crippen LogP) is 8.92. The standard InChI is InChI=1S/C25H50O2/c1-3-5-6-7-8-9-10-11-12-13-14-15-16-17-18-19-20-21-22-23-24(4-2)25(26)27/h24H,3-23H2,1-2H3,(H,26,27). The summed E-state index contributed by atoms with van der Waals surface area (Å²) < 4.78 is 0. The van der Waals surface area contributed by atoms with Gasteiger partial charge in [0.25, 0.3) is 0 Å². The van der Waals surface area contributed by atoms with Crippen molar-refractivity contribution in [3.63, 3.8) is 0 Å². The van der Waals surface area contributed by atoms with Crippen LogP contribution in [0.15, 0.2) is 0 Å². The van der Waals surface area contributed by atoms with Crippen LogP contribution in [0.25, 0.3) is 0 Å². The summed E-state index contributed by atoms with van der Waals surface area (Å²) >= 11 is 0. The normalized spacial score (nSPS) is 12.4. The van der Waals surface area contributed by atoms with Crippen molar-refractivity contribution < 1.29 is 9.90 Å². The van der Waals surface area contributed by atoms with Gasteiger partial charge in [0.05, 0.1) is 5.92 Å². The molecule has 0 bridgehead atoms. The van der Waals surface area contributed by atoms with Gasteiger partial charge in [-0.2, -0.15) is 0 Å². The van der Waals surface area contributed by atoms with Crippen molar-refractivity contribution in [2.45, 2.75) is 149 Å². The van der Waals surface area contributed by atoms with Crippen LogP contribution in [0.5, 0.6) is 0 Å². The second kappa shape index (κ2) is 21.8. The number of unbranched alkanes of at least 4 members (excludes halogenated alkanes) is 18. The molecular weight excluding hydrogens is 332 g/mol. The van der Waals surface area contributed by atoms with Gasteiger partial charge in [-0.1, -0.05) is 136 Å². The lowest BCUT2D eigenvalue weighted by molar-refractivity contribution is -0.142. The number of hydrogen-bond donors (Lipinski definition) is 1. The monoisotopic (exact) mass is 382 g/mol. The summed E-state index contributed by atoms with van der Waals surface area (Å²) in [7, 11) is 0. The lowest BCUT2D eigenvalue weighted by Gasteiger charge is -2.08. The minimum atomic E-state index is -0.611. The first-order valence-corrected chi connectivity index (χ1v) is 12.4. The molecule has 0 spiro atoms. The van der Waals surface area contributed by atoms with Crippen LogP contribution >= 0.6 is 0 Å². The fourth-order valence-corrected chi connectivity index (χ4v) is 3.97. The zero-order valence-corrected chi connectivity index (χ0v) is 18.8. The maximum Gasteiger partial charge on any atom is 0.306 e. The van der Waals surface area contributed by atoms with E-state index in [0.29, 0.717) is 0 Å². The van der Waals surface area contributed by atoms with Crippen molar-refractivity contribution in [2.75, 3.05) is 0 Å². The molecule has 0 aromatic rings. The van der Waals surface area contributed by atoms with Crippen LogP contribution in [0.1, 0.15) is 149 Å². The molecule has 0 radical (unpaired) electrons. The van der Waals surface area contributed by atoms with Crippen LogP contribution in [0, 0.1) is 5.92 Å². The Labute approximate surface area is 170 Å². The Hall–Kier alpha value is -0.530. The summed E-state index contributed by atoms with van der Waals surface area (Å²) in [5.74, 6) is -0.726. The molecule has 0 amide bonds. The van der Waals surface area contributed by atoms with E-state index >= 15 is 0 Å². The van der Waals surface area contributed by atoms with Crippen LogP contribution in [0.4, 0.5) is 0 Å². The Morgan fingerprint density at radius 2 is 0.852 bits per heavy atom. The number of carboxylic acids is 1. The van der Waals surface area contributed by atoms with E-state index in [9.17, 15) is 4.79 Å². The van der Waals surface area contributed by atoms with Gasteiger partial charge in [-0.05, 0) is 12.8 Å². The summed E-state index contributed by atoms with van der Waals surface area (Å²) in [5, 5.41) is 9.02. The van der Waals surface area contributed by atoms with Gasteiger partial charge < -0.3 is 5.11 Å². The number of hydrogen-bond acceptors (Lipinski definition) is 1. The summed E-state index contributed by atoms with van der Waals surface area (Å²) in [5.41, 5.74) is 0. The van der Waals surface area contributed by atoms with Crippen molar-refractivity contribution in [1.29, 1.82) is 0 Å². The zero-order valence-electron chi connectivity index (χ0n) is 18.8. The highest BCUT2D eigenvalue weighted by Crippen LogP contribution is 2.17. The quantitative estimate of drug-likeness (QED) is 0.190. The highest BCUT2D eigenvalue weighted by atomic mass is 16.4. The van der Waals surface area contributed by atoms with E-state index < -0.39 is 5.97 Å². The Morgan fingerprint density at radius 1 is 0.556 bits per heavy atom. The summed E-state index contributed by atoms with van der Waals surface area (Å²) in [4.78, 5) is 11.0. The fraction of sp³-hybridized carbons (Fsp3) is 0.960. The van der Waals surface area contributed by atoms with E-state index in [-0.39, 0.29) is 5.92 Å². The maximum atomic E-state index is 11.0. The van der Waals surface area contributed by atoms with Crippen molar-refractivity contribution in [1.82, 2.24) is 0 Å². The second-order valence-electron chi connectivity index (χ2n) is 8.60. The van der Waals surface area contributed by atoms with E-state index in [1.165, 1.54) is 116 Å². The largest absolute Gasteiger partial charge is 0.481 e. The lowest BCUT2D eigenvalue weighted by Crippen LogP contribution is -2.12. The second-order valence-corrected chi connectivity index (χ2v) is 8.60. The van der Waals surface area contributed by atoms with E-state index in [4.69, 9.17) is 5.11 Å². The van der Waals surface area contributed by atoms with Crippen LogP contribution < -0.4 is 0 Å². The van der Waals surface area contributed by atoms with E-state index in [2.05, 4.69) is 6.92 Å². The van der Waals surface area contributed by atoms with Crippen molar-refractivity contribution >= 4 is 5.97 Å². The Morgan fingerprint density at radius 3 is 1.11 bits per heavy atom. The average molecular weight is 383 g/mol. The molecule has 0 aliphatic rings. The first kappa shape index (κ1) is 26.5. The highest BCUT2D eigenvalue weighted by molar-refractivity contribution is 5.69. The lowest BCUT2D eigenvalue weighted by atomic mass is 9.98. The molecule has 0 aliphatic heterocycles. The fourth-order valence-electron chi connectivity index (χ4n) is 3.97. The topological polar surface area (TPSA) is 37.3 Å². The molecule has 2 heteroatoms. The molecule has 0 saturated heterocycles. The number of aliphatic carboxylic acids is 1. The van der Waals surface area contributed by atoms with E-state index in [0.717, 1.165) is 19.3 Å². The predicted molar refractivity (Wildman–Crippen MR) is 119 cm³/mol. The van der Waals surface area contributed by atoms with Crippen LogP contribution in [-0.2, 0) is 4.79 Å². The molecule has 0 rings (SSSR count).